The number of rotatable bonds is 3. The number of amides is 1. The highest BCUT2D eigenvalue weighted by Crippen LogP contribution is 2.36. The van der Waals surface area contributed by atoms with Gasteiger partial charge in [0, 0.05) is 20.0 Å². The first-order valence-electron chi connectivity index (χ1n) is 8.87. The van der Waals surface area contributed by atoms with Crippen LogP contribution in [0, 0.1) is 0 Å². The van der Waals surface area contributed by atoms with E-state index in [0.717, 1.165) is 25.7 Å². The van der Waals surface area contributed by atoms with E-state index in [0.29, 0.717) is 18.0 Å². The summed E-state index contributed by atoms with van der Waals surface area (Å²) >= 11 is 0. The largest absolute Gasteiger partial charge is 0.487 e. The molecule has 7 heteroatoms. The fourth-order valence-corrected chi connectivity index (χ4v) is 5.12. The maximum Gasteiger partial charge on any atom is 0.243 e. The highest BCUT2D eigenvalue weighted by molar-refractivity contribution is 7.89. The Morgan fingerprint density at radius 2 is 1.92 bits per heavy atom. The second-order valence-corrected chi connectivity index (χ2v) is 9.00. The van der Waals surface area contributed by atoms with Gasteiger partial charge in [0.05, 0.1) is 17.1 Å². The Kier molecular flexibility index (Phi) is 5.06. The summed E-state index contributed by atoms with van der Waals surface area (Å²) in [4.78, 5) is 13.8. The molecule has 2 aliphatic rings. The fraction of sp³-hybridized carbons (Fsp3) is 0.611. The smallest absolute Gasteiger partial charge is 0.243 e. The molecular formula is C18H26N2O4S. The number of hydrogen-bond acceptors (Lipinski definition) is 4. The molecule has 0 spiro atoms. The van der Waals surface area contributed by atoms with E-state index in [-0.39, 0.29) is 22.9 Å². The van der Waals surface area contributed by atoms with Crippen LogP contribution in [0.1, 0.15) is 46.0 Å². The van der Waals surface area contributed by atoms with Crippen molar-refractivity contribution < 1.29 is 17.9 Å². The van der Waals surface area contributed by atoms with Gasteiger partial charge < -0.3 is 9.64 Å². The van der Waals surface area contributed by atoms with E-state index in [4.69, 9.17) is 4.74 Å². The van der Waals surface area contributed by atoms with E-state index in [9.17, 15) is 13.2 Å². The SMILES string of the molecule is CC(=O)N1CC(C)Oc2ccc(S(=O)(=O)N(C)C3CCCCC3)cc21. The second-order valence-electron chi connectivity index (χ2n) is 7.00. The summed E-state index contributed by atoms with van der Waals surface area (Å²) in [6.45, 7) is 3.79. The number of ether oxygens (including phenoxy) is 1. The third-order valence-electron chi connectivity index (χ3n) is 5.14. The summed E-state index contributed by atoms with van der Waals surface area (Å²) in [5, 5.41) is 0. The normalized spacial score (nSPS) is 21.8. The van der Waals surface area contributed by atoms with Gasteiger partial charge in [0.2, 0.25) is 15.9 Å². The van der Waals surface area contributed by atoms with Crippen LogP contribution in [0.2, 0.25) is 0 Å². The Morgan fingerprint density at radius 1 is 1.24 bits per heavy atom. The minimum absolute atomic E-state index is 0.0509. The highest BCUT2D eigenvalue weighted by Gasteiger charge is 2.32. The quantitative estimate of drug-likeness (QED) is 0.825. The molecule has 138 valence electrons. The van der Waals surface area contributed by atoms with E-state index in [1.165, 1.54) is 17.6 Å². The third kappa shape index (κ3) is 3.53. The predicted molar refractivity (Wildman–Crippen MR) is 96.4 cm³/mol. The number of anilines is 1. The van der Waals surface area contributed by atoms with Gasteiger partial charge in [-0.1, -0.05) is 19.3 Å². The summed E-state index contributed by atoms with van der Waals surface area (Å²) in [5.41, 5.74) is 0.531. The van der Waals surface area contributed by atoms with E-state index in [2.05, 4.69) is 0 Å². The molecule has 0 bridgehead atoms. The molecule has 6 nitrogen and oxygen atoms in total. The molecule has 1 aromatic rings. The molecule has 1 aromatic carbocycles. The Hall–Kier alpha value is -1.60. The van der Waals surface area contributed by atoms with Crippen LogP contribution in [0.15, 0.2) is 23.1 Å². The number of fused-ring (bicyclic) bond motifs is 1. The van der Waals surface area contributed by atoms with Gasteiger partial charge in [-0.15, -0.1) is 0 Å². The van der Waals surface area contributed by atoms with Crippen molar-refractivity contribution in [1.82, 2.24) is 4.31 Å². The predicted octanol–water partition coefficient (Wildman–Crippen LogP) is 2.77. The number of carbonyl (C=O) groups excluding carboxylic acids is 1. The number of benzene rings is 1. The molecule has 0 saturated heterocycles. The van der Waals surface area contributed by atoms with Gasteiger partial charge in [0.15, 0.2) is 0 Å². The van der Waals surface area contributed by atoms with Crippen molar-refractivity contribution in [2.45, 2.75) is 63.0 Å². The zero-order chi connectivity index (χ0) is 18.2. The number of nitrogens with zero attached hydrogens (tertiary/aromatic N) is 2. The van der Waals surface area contributed by atoms with E-state index in [1.54, 1.807) is 30.1 Å². The first kappa shape index (κ1) is 18.2. The first-order valence-corrected chi connectivity index (χ1v) is 10.3. The van der Waals surface area contributed by atoms with Crippen LogP contribution in [0.3, 0.4) is 0 Å². The van der Waals surface area contributed by atoms with Gasteiger partial charge in [-0.05, 0) is 38.0 Å². The van der Waals surface area contributed by atoms with Gasteiger partial charge in [-0.3, -0.25) is 4.79 Å². The lowest BCUT2D eigenvalue weighted by Crippen LogP contribution is -2.41. The molecule has 1 aliphatic carbocycles. The highest BCUT2D eigenvalue weighted by atomic mass is 32.2. The minimum Gasteiger partial charge on any atom is -0.487 e. The van der Waals surface area contributed by atoms with Crippen molar-refractivity contribution in [3.8, 4) is 5.75 Å². The van der Waals surface area contributed by atoms with E-state index < -0.39 is 10.0 Å². The van der Waals surface area contributed by atoms with Gasteiger partial charge in [0.25, 0.3) is 0 Å². The van der Waals surface area contributed by atoms with Crippen molar-refractivity contribution in [2.24, 2.45) is 0 Å². The third-order valence-corrected chi connectivity index (χ3v) is 7.04. The minimum atomic E-state index is -3.59. The Balaban J connectivity index is 1.95. The average molecular weight is 366 g/mol. The molecule has 0 aromatic heterocycles. The zero-order valence-corrected chi connectivity index (χ0v) is 15.9. The van der Waals surface area contributed by atoms with Gasteiger partial charge in [0.1, 0.15) is 11.9 Å². The van der Waals surface area contributed by atoms with Crippen LogP contribution < -0.4 is 9.64 Å². The molecule has 0 N–H and O–H groups in total. The summed E-state index contributed by atoms with van der Waals surface area (Å²) < 4.78 is 33.3. The van der Waals surface area contributed by atoms with Gasteiger partial charge >= 0.3 is 0 Å². The number of carbonyl (C=O) groups is 1. The molecule has 1 aliphatic heterocycles. The molecular weight excluding hydrogens is 340 g/mol. The van der Waals surface area contributed by atoms with Crippen LogP contribution in [-0.2, 0) is 14.8 Å². The molecule has 1 heterocycles. The lowest BCUT2D eigenvalue weighted by Gasteiger charge is -2.34. The van der Waals surface area contributed by atoms with Crippen molar-refractivity contribution in [1.29, 1.82) is 0 Å². The van der Waals surface area contributed by atoms with Crippen LogP contribution in [-0.4, -0.2) is 44.4 Å². The standard InChI is InChI=1S/C18H26N2O4S/c1-13-12-20(14(2)21)17-11-16(9-10-18(17)24-13)25(22,23)19(3)15-7-5-4-6-8-15/h9-11,13,15H,4-8,12H2,1-3H3. The lowest BCUT2D eigenvalue weighted by molar-refractivity contribution is -0.117. The Labute approximate surface area is 149 Å². The van der Waals surface area contributed by atoms with Gasteiger partial charge in [-0.25, -0.2) is 8.42 Å². The molecule has 1 fully saturated rings. The monoisotopic (exact) mass is 366 g/mol. The zero-order valence-electron chi connectivity index (χ0n) is 15.1. The van der Waals surface area contributed by atoms with Crippen LogP contribution >= 0.6 is 0 Å². The summed E-state index contributed by atoms with van der Waals surface area (Å²) in [5.74, 6) is 0.430. The first-order chi connectivity index (χ1) is 11.8. The molecule has 25 heavy (non-hydrogen) atoms. The van der Waals surface area contributed by atoms with Crippen LogP contribution in [0.5, 0.6) is 5.75 Å². The summed E-state index contributed by atoms with van der Waals surface area (Å²) in [7, 11) is -1.94. The second kappa shape index (κ2) is 6.96. The van der Waals surface area contributed by atoms with Crippen molar-refractivity contribution >= 4 is 21.6 Å². The molecule has 1 amide bonds. The molecule has 1 atom stereocenters. The fourth-order valence-electron chi connectivity index (χ4n) is 3.68. The van der Waals surface area contributed by atoms with Crippen molar-refractivity contribution in [2.75, 3.05) is 18.5 Å². The maximum atomic E-state index is 13.0. The summed E-state index contributed by atoms with van der Waals surface area (Å²) in [6, 6.07) is 4.85. The maximum absolute atomic E-state index is 13.0. The molecule has 3 rings (SSSR count). The van der Waals surface area contributed by atoms with Gasteiger partial charge in [-0.2, -0.15) is 4.31 Å². The topological polar surface area (TPSA) is 66.9 Å². The lowest BCUT2D eigenvalue weighted by atomic mass is 9.96. The number of hydrogen-bond donors (Lipinski definition) is 0. The Morgan fingerprint density at radius 3 is 2.56 bits per heavy atom. The van der Waals surface area contributed by atoms with Crippen LogP contribution in [0.25, 0.3) is 0 Å². The van der Waals surface area contributed by atoms with Crippen LogP contribution in [0.4, 0.5) is 5.69 Å². The van der Waals surface area contributed by atoms with E-state index in [1.807, 2.05) is 6.92 Å². The van der Waals surface area contributed by atoms with E-state index >= 15 is 0 Å². The van der Waals surface area contributed by atoms with Crippen molar-refractivity contribution in [3.63, 3.8) is 0 Å². The van der Waals surface area contributed by atoms with Crippen molar-refractivity contribution in [3.05, 3.63) is 18.2 Å². The molecule has 1 saturated carbocycles. The molecule has 0 radical (unpaired) electrons. The summed E-state index contributed by atoms with van der Waals surface area (Å²) in [6.07, 6.45) is 4.99. The number of sulfonamides is 1. The molecule has 1 unspecified atom stereocenters. The Bertz CT molecular complexity index is 756. The average Bonchev–Trinajstić information content (AvgIpc) is 2.60.